The van der Waals surface area contributed by atoms with Crippen molar-refractivity contribution in [3.05, 3.63) is 0 Å². The number of carboxylic acids is 1. The van der Waals surface area contributed by atoms with E-state index in [0.717, 1.165) is 26.3 Å². The summed E-state index contributed by atoms with van der Waals surface area (Å²) in [4.78, 5) is 12.3. The van der Waals surface area contributed by atoms with E-state index in [2.05, 4.69) is 4.90 Å². The zero-order valence-corrected chi connectivity index (χ0v) is 6.45. The molecule has 0 amide bonds. The average molecular weight is 199 g/mol. The second-order valence-corrected chi connectivity index (χ2v) is 2.60. The molecule has 0 aliphatic carbocycles. The summed E-state index contributed by atoms with van der Waals surface area (Å²) in [6, 6.07) is 0. The van der Waals surface area contributed by atoms with Gasteiger partial charge in [0.1, 0.15) is 0 Å². The first-order valence-corrected chi connectivity index (χ1v) is 3.81. The van der Waals surface area contributed by atoms with Crippen molar-refractivity contribution in [2.24, 2.45) is 0 Å². The van der Waals surface area contributed by atoms with Crippen molar-refractivity contribution >= 4 is 57.4 Å². The molecule has 0 atom stereocenters. The maximum atomic E-state index is 10.2. The molecule has 1 aliphatic heterocycles. The third-order valence-corrected chi connectivity index (χ3v) is 1.75. The Hall–Kier alpha value is 1.03. The van der Waals surface area contributed by atoms with Gasteiger partial charge < -0.3 is 9.84 Å². The predicted molar refractivity (Wildman–Crippen MR) is 46.7 cm³/mol. The molecule has 1 fully saturated rings. The molecule has 0 aromatic rings. The first kappa shape index (κ1) is 13.0. The Kier molecular flexibility index (Phi) is 8.07. The molecular weight excluding hydrogens is 185 g/mol. The number of ether oxygens (including phenoxy) is 1. The Morgan fingerprint density at radius 2 is 2.00 bits per heavy atom. The number of nitrogens with zero attached hydrogens (tertiary/aromatic N) is 1. The molecule has 0 unspecified atom stereocenters. The Balaban J connectivity index is 0.00000121. The monoisotopic (exact) mass is 199 g/mol. The first-order valence-electron chi connectivity index (χ1n) is 3.81. The van der Waals surface area contributed by atoms with Crippen molar-refractivity contribution in [3.8, 4) is 0 Å². The van der Waals surface area contributed by atoms with Crippen molar-refractivity contribution in [2.45, 2.75) is 6.42 Å². The molecule has 0 aromatic heterocycles. The van der Waals surface area contributed by atoms with E-state index in [9.17, 15) is 4.79 Å². The Bertz CT molecular complexity index is 137. The fourth-order valence-electron chi connectivity index (χ4n) is 1.08. The number of carbonyl (C=O) groups is 1. The van der Waals surface area contributed by atoms with E-state index < -0.39 is 5.97 Å². The summed E-state index contributed by atoms with van der Waals surface area (Å²) in [6.45, 7) is 3.86. The van der Waals surface area contributed by atoms with Crippen LogP contribution < -0.4 is 0 Å². The van der Waals surface area contributed by atoms with Gasteiger partial charge >= 0.3 is 57.4 Å². The Labute approximate surface area is 115 Å². The van der Waals surface area contributed by atoms with Crippen LogP contribution in [0.3, 0.4) is 0 Å². The van der Waals surface area contributed by atoms with Crippen molar-refractivity contribution in [1.82, 2.24) is 4.90 Å². The molecule has 0 bridgehead atoms. The van der Waals surface area contributed by atoms with E-state index >= 15 is 0 Å². The van der Waals surface area contributed by atoms with Crippen molar-refractivity contribution < 1.29 is 14.6 Å². The Morgan fingerprint density at radius 1 is 1.42 bits per heavy atom. The number of carboxylic acid groups (broad SMARTS) is 1. The molecular formula is C7H14KNO3. The minimum absolute atomic E-state index is 0. The third kappa shape index (κ3) is 5.63. The number of hydrogen-bond donors (Lipinski definition) is 1. The van der Waals surface area contributed by atoms with Gasteiger partial charge in [-0.1, -0.05) is 0 Å². The van der Waals surface area contributed by atoms with Gasteiger partial charge in [0.25, 0.3) is 0 Å². The fourth-order valence-corrected chi connectivity index (χ4v) is 1.08. The van der Waals surface area contributed by atoms with E-state index in [1.807, 2.05) is 0 Å². The van der Waals surface area contributed by atoms with Crippen LogP contribution in [0.15, 0.2) is 0 Å². The summed E-state index contributed by atoms with van der Waals surface area (Å²) < 4.78 is 5.12. The van der Waals surface area contributed by atoms with Crippen LogP contribution in [0.1, 0.15) is 6.42 Å². The standard InChI is InChI=1S/C7H13NO3.K.H/c9-7(10)1-2-8-3-5-11-6-4-8;;/h1-6H2,(H,9,10);;. The van der Waals surface area contributed by atoms with Crippen LogP contribution >= 0.6 is 0 Å². The molecule has 66 valence electrons. The van der Waals surface area contributed by atoms with Gasteiger partial charge in [0.05, 0.1) is 19.6 Å². The summed E-state index contributed by atoms with van der Waals surface area (Å²) in [5, 5.41) is 8.39. The number of rotatable bonds is 3. The van der Waals surface area contributed by atoms with Crippen molar-refractivity contribution in [1.29, 1.82) is 0 Å². The van der Waals surface area contributed by atoms with Crippen LogP contribution in [0.4, 0.5) is 0 Å². The predicted octanol–water partition coefficient (Wildman–Crippen LogP) is -0.855. The summed E-state index contributed by atoms with van der Waals surface area (Å²) in [7, 11) is 0. The van der Waals surface area contributed by atoms with E-state index in [1.165, 1.54) is 0 Å². The summed E-state index contributed by atoms with van der Waals surface area (Å²) >= 11 is 0. The quantitative estimate of drug-likeness (QED) is 0.601. The van der Waals surface area contributed by atoms with E-state index in [1.54, 1.807) is 0 Å². The van der Waals surface area contributed by atoms with Gasteiger partial charge in [0.15, 0.2) is 0 Å². The van der Waals surface area contributed by atoms with Gasteiger partial charge in [0, 0.05) is 19.6 Å². The molecule has 12 heavy (non-hydrogen) atoms. The fraction of sp³-hybridized carbons (Fsp3) is 0.857. The summed E-state index contributed by atoms with van der Waals surface area (Å²) in [5.74, 6) is -0.725. The van der Waals surface area contributed by atoms with E-state index in [-0.39, 0.29) is 57.8 Å². The van der Waals surface area contributed by atoms with Crippen molar-refractivity contribution in [2.75, 3.05) is 32.8 Å². The third-order valence-electron chi connectivity index (χ3n) is 1.75. The molecule has 5 heteroatoms. The van der Waals surface area contributed by atoms with Gasteiger partial charge in [-0.3, -0.25) is 9.69 Å². The zero-order valence-electron chi connectivity index (χ0n) is 6.45. The first-order chi connectivity index (χ1) is 5.29. The molecule has 0 radical (unpaired) electrons. The van der Waals surface area contributed by atoms with Gasteiger partial charge in [-0.15, -0.1) is 0 Å². The molecule has 1 heterocycles. The van der Waals surface area contributed by atoms with Crippen molar-refractivity contribution in [3.63, 3.8) is 0 Å². The molecule has 1 rings (SSSR count). The zero-order chi connectivity index (χ0) is 8.10. The van der Waals surface area contributed by atoms with Crippen LogP contribution in [-0.2, 0) is 9.53 Å². The number of hydrogen-bond acceptors (Lipinski definition) is 3. The molecule has 0 aromatic carbocycles. The minimum atomic E-state index is -0.725. The molecule has 1 N–H and O–H groups in total. The molecule has 0 spiro atoms. The normalized spacial score (nSPS) is 18.3. The van der Waals surface area contributed by atoms with Gasteiger partial charge in [-0.05, 0) is 0 Å². The maximum absolute atomic E-state index is 10.2. The van der Waals surface area contributed by atoms with Gasteiger partial charge in [-0.2, -0.15) is 0 Å². The molecule has 0 saturated carbocycles. The van der Waals surface area contributed by atoms with E-state index in [4.69, 9.17) is 9.84 Å². The molecule has 4 nitrogen and oxygen atoms in total. The topological polar surface area (TPSA) is 49.8 Å². The number of morpholine rings is 1. The Morgan fingerprint density at radius 3 is 2.50 bits per heavy atom. The number of aliphatic carboxylic acids is 1. The summed E-state index contributed by atoms with van der Waals surface area (Å²) in [5.41, 5.74) is 0. The SMILES string of the molecule is O=C(O)CCN1CCOCC1.[KH]. The average Bonchev–Trinajstić information content (AvgIpc) is 2.03. The van der Waals surface area contributed by atoms with Gasteiger partial charge in [-0.25, -0.2) is 0 Å². The summed E-state index contributed by atoms with van der Waals surface area (Å²) in [6.07, 6.45) is 0.236. The van der Waals surface area contributed by atoms with Crippen LogP contribution in [-0.4, -0.2) is 100 Å². The molecule has 1 saturated heterocycles. The van der Waals surface area contributed by atoms with Gasteiger partial charge in [0.2, 0.25) is 0 Å². The van der Waals surface area contributed by atoms with Crippen LogP contribution in [0.5, 0.6) is 0 Å². The molecule has 1 aliphatic rings. The van der Waals surface area contributed by atoms with Crippen LogP contribution in [0, 0.1) is 0 Å². The second-order valence-electron chi connectivity index (χ2n) is 2.60. The van der Waals surface area contributed by atoms with E-state index in [0.29, 0.717) is 6.54 Å². The van der Waals surface area contributed by atoms with Crippen LogP contribution in [0.25, 0.3) is 0 Å². The van der Waals surface area contributed by atoms with Crippen LogP contribution in [0.2, 0.25) is 0 Å². The second kappa shape index (κ2) is 7.43.